The summed E-state index contributed by atoms with van der Waals surface area (Å²) in [6.07, 6.45) is 8.28. The third-order valence-corrected chi connectivity index (χ3v) is 8.70. The summed E-state index contributed by atoms with van der Waals surface area (Å²) in [4.78, 5) is 34.7. The van der Waals surface area contributed by atoms with E-state index < -0.39 is 0 Å². The Hall–Kier alpha value is -4.99. The highest BCUT2D eigenvalue weighted by Crippen LogP contribution is 2.40. The Kier molecular flexibility index (Phi) is 9.84. The molecule has 0 radical (unpaired) electrons. The minimum Gasteiger partial charge on any atom is -0.494 e. The number of hydrogen-bond donors (Lipinski definition) is 3. The van der Waals surface area contributed by atoms with Gasteiger partial charge in [-0.2, -0.15) is 0 Å². The molecule has 2 aliphatic rings. The second-order valence-electron chi connectivity index (χ2n) is 11.6. The molecule has 0 spiro atoms. The first-order valence-electron chi connectivity index (χ1n) is 16.0. The molecule has 0 saturated carbocycles. The standard InChI is InChI=1S/C36H45N7O3/c1-8-23(5)36(39-28-19-27(38-32(44)10-3)30(20-31(28)46-7)42-17-12-13-18-42)40-34(26(9-2)37-11-4)25-21-43-22-33(45)41(6)29-16-14-15-24(25)35(29)43/h9-10,14-16,19-21,37,39H,3,8,11-13,17-18,22H2,1-2,4-7H3,(H,38,44)/b26-9+,36-23+,40-34+. The van der Waals surface area contributed by atoms with Crippen molar-refractivity contribution < 1.29 is 14.3 Å². The number of methoxy groups -OCH3 is 1. The lowest BCUT2D eigenvalue weighted by atomic mass is 10.0. The van der Waals surface area contributed by atoms with Crippen molar-refractivity contribution in [1.82, 2.24) is 9.88 Å². The summed E-state index contributed by atoms with van der Waals surface area (Å²) in [5.74, 6) is 1.07. The molecule has 46 heavy (non-hydrogen) atoms. The third-order valence-electron chi connectivity index (χ3n) is 8.70. The highest BCUT2D eigenvalue weighted by Gasteiger charge is 2.27. The number of nitrogens with zero attached hydrogens (tertiary/aromatic N) is 4. The largest absolute Gasteiger partial charge is 0.494 e. The van der Waals surface area contributed by atoms with Gasteiger partial charge in [-0.3, -0.25) is 9.59 Å². The molecule has 2 amide bonds. The van der Waals surface area contributed by atoms with Gasteiger partial charge in [-0.25, -0.2) is 4.99 Å². The molecule has 0 aliphatic carbocycles. The Bertz CT molecular complexity index is 1760. The van der Waals surface area contributed by atoms with Crippen LogP contribution in [-0.4, -0.2) is 55.9 Å². The lowest BCUT2D eigenvalue weighted by Gasteiger charge is -2.24. The molecule has 10 heteroatoms. The minimum atomic E-state index is -0.280. The average Bonchev–Trinajstić information content (AvgIpc) is 3.73. The van der Waals surface area contributed by atoms with Crippen LogP contribution in [0.4, 0.5) is 22.7 Å². The predicted molar refractivity (Wildman–Crippen MR) is 189 cm³/mol. The van der Waals surface area contributed by atoms with Gasteiger partial charge in [0.25, 0.3) is 0 Å². The van der Waals surface area contributed by atoms with Crippen LogP contribution in [0.2, 0.25) is 0 Å². The zero-order valence-electron chi connectivity index (χ0n) is 27.8. The zero-order chi connectivity index (χ0) is 33.0. The van der Waals surface area contributed by atoms with Crippen molar-refractivity contribution >= 4 is 51.2 Å². The molecule has 0 bridgehead atoms. The van der Waals surface area contributed by atoms with Crippen LogP contribution in [0.3, 0.4) is 0 Å². The van der Waals surface area contributed by atoms with Gasteiger partial charge in [-0.1, -0.05) is 31.7 Å². The molecular formula is C36H45N7O3. The quantitative estimate of drug-likeness (QED) is 0.159. The fraction of sp³-hybridized carbons (Fsp3) is 0.361. The smallest absolute Gasteiger partial charge is 0.247 e. The molecule has 242 valence electrons. The van der Waals surface area contributed by atoms with E-state index in [0.717, 1.165) is 77.2 Å². The minimum absolute atomic E-state index is 0.0338. The maximum absolute atomic E-state index is 12.8. The summed E-state index contributed by atoms with van der Waals surface area (Å²) in [7, 11) is 3.47. The van der Waals surface area contributed by atoms with E-state index in [1.807, 2.05) is 55.1 Å². The number of allylic oxidation sites excluding steroid dienone is 3. The van der Waals surface area contributed by atoms with Crippen molar-refractivity contribution in [2.45, 2.75) is 53.5 Å². The molecular weight excluding hydrogens is 578 g/mol. The van der Waals surface area contributed by atoms with E-state index in [4.69, 9.17) is 9.73 Å². The molecule has 1 fully saturated rings. The molecule has 0 atom stereocenters. The van der Waals surface area contributed by atoms with E-state index in [9.17, 15) is 9.59 Å². The first kappa shape index (κ1) is 32.4. The van der Waals surface area contributed by atoms with Gasteiger partial charge in [0.2, 0.25) is 11.8 Å². The Morgan fingerprint density at radius 1 is 1.11 bits per heavy atom. The number of likely N-dealkylation sites (N-methyl/N-ethyl adjacent to an activating group) is 2. The predicted octanol–water partition coefficient (Wildman–Crippen LogP) is 6.41. The Balaban J connectivity index is 1.68. The lowest BCUT2D eigenvalue weighted by Crippen LogP contribution is -2.33. The van der Waals surface area contributed by atoms with Crippen molar-refractivity contribution in [3.8, 4) is 5.75 Å². The molecule has 0 unspecified atom stereocenters. The van der Waals surface area contributed by atoms with Gasteiger partial charge in [0, 0.05) is 49.9 Å². The van der Waals surface area contributed by atoms with Gasteiger partial charge >= 0.3 is 0 Å². The molecule has 3 heterocycles. The SMILES string of the molecule is C=CC(=O)Nc1cc(NC(/N=C(/C(=C\C)NCC)c2cn3c4c(cccc24)N(C)C(=O)C3)=C(/C)CC)c(OC)cc1N1CCCC1. The number of anilines is 4. The number of aromatic nitrogens is 1. The van der Waals surface area contributed by atoms with Gasteiger partial charge in [-0.15, -0.1) is 0 Å². The fourth-order valence-electron chi connectivity index (χ4n) is 6.07. The van der Waals surface area contributed by atoms with Crippen LogP contribution in [-0.2, 0) is 16.1 Å². The number of carbonyl (C=O) groups excluding carboxylic acids is 2. The van der Waals surface area contributed by atoms with Crippen LogP contribution in [0.15, 0.2) is 77.3 Å². The van der Waals surface area contributed by atoms with E-state index >= 15 is 0 Å². The van der Waals surface area contributed by atoms with Crippen molar-refractivity contribution in [3.05, 3.63) is 77.9 Å². The number of aliphatic imine (C=N–C) groups is 1. The van der Waals surface area contributed by atoms with Gasteiger partial charge < -0.3 is 35.1 Å². The number of nitrogens with one attached hydrogen (secondary N) is 3. The Morgan fingerprint density at radius 2 is 1.87 bits per heavy atom. The van der Waals surface area contributed by atoms with E-state index in [2.05, 4.69) is 54.3 Å². The molecule has 10 nitrogen and oxygen atoms in total. The molecule has 2 aromatic carbocycles. The number of para-hydroxylation sites is 1. The van der Waals surface area contributed by atoms with E-state index in [-0.39, 0.29) is 18.4 Å². The summed E-state index contributed by atoms with van der Waals surface area (Å²) in [6.45, 7) is 14.6. The van der Waals surface area contributed by atoms with Gasteiger partial charge in [0.1, 0.15) is 18.1 Å². The molecule has 5 rings (SSSR count). The number of benzene rings is 2. The van der Waals surface area contributed by atoms with Crippen molar-refractivity contribution in [2.24, 2.45) is 4.99 Å². The number of amides is 2. The maximum Gasteiger partial charge on any atom is 0.247 e. The van der Waals surface area contributed by atoms with E-state index in [1.165, 1.54) is 6.08 Å². The molecule has 3 N–H and O–H groups in total. The first-order valence-corrected chi connectivity index (χ1v) is 16.0. The van der Waals surface area contributed by atoms with Crippen LogP contribution < -0.4 is 30.5 Å². The zero-order valence-corrected chi connectivity index (χ0v) is 27.8. The Labute approximate surface area is 271 Å². The maximum atomic E-state index is 12.8. The first-order chi connectivity index (χ1) is 22.2. The van der Waals surface area contributed by atoms with E-state index in [1.54, 1.807) is 12.0 Å². The molecule has 1 aromatic heterocycles. The number of rotatable bonds is 12. The fourth-order valence-corrected chi connectivity index (χ4v) is 6.07. The van der Waals surface area contributed by atoms with Crippen molar-refractivity contribution in [2.75, 3.05) is 54.2 Å². The summed E-state index contributed by atoms with van der Waals surface area (Å²) in [6, 6.07) is 9.94. The third kappa shape index (κ3) is 6.24. The monoisotopic (exact) mass is 623 g/mol. The number of carbonyl (C=O) groups is 2. The van der Waals surface area contributed by atoms with Crippen LogP contribution >= 0.6 is 0 Å². The van der Waals surface area contributed by atoms with E-state index in [0.29, 0.717) is 29.5 Å². The Morgan fingerprint density at radius 3 is 2.52 bits per heavy atom. The summed E-state index contributed by atoms with van der Waals surface area (Å²) in [5.41, 5.74) is 7.74. The second kappa shape index (κ2) is 14.0. The van der Waals surface area contributed by atoms with Crippen LogP contribution in [0.25, 0.3) is 10.9 Å². The highest BCUT2D eigenvalue weighted by atomic mass is 16.5. The average molecular weight is 624 g/mol. The summed E-state index contributed by atoms with van der Waals surface area (Å²) < 4.78 is 7.93. The number of ether oxygens (including phenoxy) is 1. The van der Waals surface area contributed by atoms with Crippen molar-refractivity contribution in [1.29, 1.82) is 0 Å². The van der Waals surface area contributed by atoms with Crippen molar-refractivity contribution in [3.63, 3.8) is 0 Å². The molecule has 3 aromatic rings. The van der Waals surface area contributed by atoms with Crippen LogP contribution in [0.1, 0.15) is 52.5 Å². The highest BCUT2D eigenvalue weighted by molar-refractivity contribution is 6.21. The normalized spacial score (nSPS) is 15.7. The van der Waals surface area contributed by atoms with Crippen LogP contribution in [0.5, 0.6) is 5.75 Å². The van der Waals surface area contributed by atoms with Gasteiger partial charge in [-0.05, 0) is 63.8 Å². The van der Waals surface area contributed by atoms with Crippen LogP contribution in [0, 0.1) is 0 Å². The van der Waals surface area contributed by atoms with Gasteiger partial charge in [0.15, 0.2) is 0 Å². The lowest BCUT2D eigenvalue weighted by molar-refractivity contribution is -0.119. The summed E-state index contributed by atoms with van der Waals surface area (Å²) in [5, 5.41) is 11.1. The van der Waals surface area contributed by atoms with Gasteiger partial charge in [0.05, 0.1) is 46.8 Å². The molecule has 2 aliphatic heterocycles. The molecule has 1 saturated heterocycles. The topological polar surface area (TPSA) is 103 Å². The summed E-state index contributed by atoms with van der Waals surface area (Å²) >= 11 is 0. The number of hydrogen-bond acceptors (Lipinski definition) is 7. The second-order valence-corrected chi connectivity index (χ2v) is 11.6.